The molecule has 176 valence electrons. The molecule has 1 spiro atoms. The van der Waals surface area contributed by atoms with E-state index in [1.165, 1.54) is 0 Å². The average molecular weight is 449 g/mol. The fourth-order valence-electron chi connectivity index (χ4n) is 5.85. The second kappa shape index (κ2) is 8.64. The van der Waals surface area contributed by atoms with E-state index in [9.17, 15) is 23.5 Å². The summed E-state index contributed by atoms with van der Waals surface area (Å²) in [5, 5.41) is 13.1. The minimum absolute atomic E-state index is 0.0857. The van der Waals surface area contributed by atoms with Gasteiger partial charge in [0.15, 0.2) is 0 Å². The summed E-state index contributed by atoms with van der Waals surface area (Å²) in [6.45, 7) is 4.89. The Hall–Kier alpha value is -2.18. The van der Waals surface area contributed by atoms with E-state index in [1.54, 1.807) is 30.9 Å². The number of aryl methyl sites for hydroxylation is 2. The number of benzene rings is 1. The maximum absolute atomic E-state index is 13.5. The molecule has 2 saturated carbocycles. The Bertz CT molecular complexity index is 860. The number of alkyl halides is 2. The summed E-state index contributed by atoms with van der Waals surface area (Å²) >= 11 is 0. The van der Waals surface area contributed by atoms with Crippen LogP contribution in [0.1, 0.15) is 79.3 Å². The molecule has 1 unspecified atom stereocenters. The highest BCUT2D eigenvalue weighted by Gasteiger charge is 2.45. The van der Waals surface area contributed by atoms with Gasteiger partial charge >= 0.3 is 0 Å². The van der Waals surface area contributed by atoms with Gasteiger partial charge < -0.3 is 15.3 Å². The van der Waals surface area contributed by atoms with Gasteiger partial charge in [-0.2, -0.15) is 0 Å². The molecule has 1 atom stereocenters. The van der Waals surface area contributed by atoms with Crippen LogP contribution in [0.3, 0.4) is 0 Å². The number of piperidine rings is 1. The van der Waals surface area contributed by atoms with Crippen LogP contribution in [0.5, 0.6) is 5.75 Å². The molecule has 3 fully saturated rings. The quantitative estimate of drug-likeness (QED) is 0.703. The van der Waals surface area contributed by atoms with Crippen LogP contribution < -0.4 is 5.32 Å². The van der Waals surface area contributed by atoms with Gasteiger partial charge in [0.2, 0.25) is 11.8 Å². The van der Waals surface area contributed by atoms with E-state index < -0.39 is 11.8 Å². The summed E-state index contributed by atoms with van der Waals surface area (Å²) in [6.07, 6.45) is 5.50. The number of halogens is 2. The number of hydrogen-bond donors (Lipinski definition) is 2. The summed E-state index contributed by atoms with van der Waals surface area (Å²) in [5.74, 6) is -3.16. The Morgan fingerprint density at radius 3 is 2.12 bits per heavy atom. The standard InChI is InChI=1S/C25H34F2N2O3/c1-16-13-19(14-17(2)21(16)30)22(31)28-20-4-6-24(7-5-20)9-11-29(12-10-24)23(32)18-3-8-25(26,27)15-18/h13-14,18,20,30H,3-12,15H2,1-2H3,(H,28,31). The lowest BCUT2D eigenvalue weighted by Gasteiger charge is -2.46. The molecule has 4 rings (SSSR count). The van der Waals surface area contributed by atoms with E-state index in [1.807, 2.05) is 0 Å². The number of carbonyl (C=O) groups excluding carboxylic acids is 2. The first-order valence-electron chi connectivity index (χ1n) is 11.9. The number of rotatable bonds is 3. The van der Waals surface area contributed by atoms with Gasteiger partial charge in [-0.15, -0.1) is 0 Å². The Morgan fingerprint density at radius 1 is 1.00 bits per heavy atom. The number of nitrogens with one attached hydrogen (secondary N) is 1. The predicted molar refractivity (Wildman–Crippen MR) is 118 cm³/mol. The molecule has 32 heavy (non-hydrogen) atoms. The molecule has 1 saturated heterocycles. The topological polar surface area (TPSA) is 69.6 Å². The van der Waals surface area contributed by atoms with E-state index in [2.05, 4.69) is 5.32 Å². The Morgan fingerprint density at radius 2 is 1.59 bits per heavy atom. The highest BCUT2D eigenvalue weighted by atomic mass is 19.3. The van der Waals surface area contributed by atoms with Gasteiger partial charge in [0.1, 0.15) is 5.75 Å². The first-order chi connectivity index (χ1) is 15.1. The number of aromatic hydroxyl groups is 1. The van der Waals surface area contributed by atoms with E-state index >= 15 is 0 Å². The van der Waals surface area contributed by atoms with Crippen molar-refractivity contribution in [3.63, 3.8) is 0 Å². The van der Waals surface area contributed by atoms with Crippen LogP contribution in [-0.4, -0.2) is 46.9 Å². The molecule has 1 heterocycles. The van der Waals surface area contributed by atoms with Gasteiger partial charge in [-0.25, -0.2) is 8.78 Å². The second-order valence-electron chi connectivity index (χ2n) is 10.3. The zero-order valence-corrected chi connectivity index (χ0v) is 19.1. The lowest BCUT2D eigenvalue weighted by atomic mass is 9.67. The minimum Gasteiger partial charge on any atom is -0.507 e. The van der Waals surface area contributed by atoms with E-state index in [-0.39, 0.29) is 41.9 Å². The Balaban J connectivity index is 1.26. The second-order valence-corrected chi connectivity index (χ2v) is 10.3. The zero-order chi connectivity index (χ0) is 23.1. The van der Waals surface area contributed by atoms with Gasteiger partial charge in [-0.05, 0) is 87.5 Å². The van der Waals surface area contributed by atoms with Crippen molar-refractivity contribution in [1.29, 1.82) is 0 Å². The first-order valence-corrected chi connectivity index (χ1v) is 11.9. The van der Waals surface area contributed by atoms with E-state index in [0.717, 1.165) is 38.5 Å². The number of hydrogen-bond acceptors (Lipinski definition) is 3. The maximum atomic E-state index is 13.5. The molecule has 0 bridgehead atoms. The zero-order valence-electron chi connectivity index (χ0n) is 19.1. The third-order valence-electron chi connectivity index (χ3n) is 8.02. The van der Waals surface area contributed by atoms with Gasteiger partial charge in [-0.3, -0.25) is 9.59 Å². The van der Waals surface area contributed by atoms with E-state index in [0.29, 0.717) is 36.2 Å². The van der Waals surface area contributed by atoms with Gasteiger partial charge in [0.25, 0.3) is 5.91 Å². The first kappa shape index (κ1) is 23.0. The monoisotopic (exact) mass is 448 g/mol. The number of likely N-dealkylation sites (tertiary alicyclic amines) is 1. The van der Waals surface area contributed by atoms with Crippen molar-refractivity contribution in [3.05, 3.63) is 28.8 Å². The molecule has 3 aliphatic rings. The molecule has 0 radical (unpaired) electrons. The molecule has 5 nitrogen and oxygen atoms in total. The highest BCUT2D eigenvalue weighted by Crippen LogP contribution is 2.46. The minimum atomic E-state index is -2.68. The fraction of sp³-hybridized carbons (Fsp3) is 0.680. The molecule has 2 amide bonds. The number of nitrogens with zero attached hydrogens (tertiary/aromatic N) is 1. The Kier molecular flexibility index (Phi) is 6.21. The van der Waals surface area contributed by atoms with Crippen molar-refractivity contribution in [3.8, 4) is 5.75 Å². The molecule has 0 aromatic heterocycles. The van der Waals surface area contributed by atoms with Crippen molar-refractivity contribution in [2.24, 2.45) is 11.3 Å². The normalized spacial score (nSPS) is 25.1. The third-order valence-corrected chi connectivity index (χ3v) is 8.02. The van der Waals surface area contributed by atoms with Crippen molar-refractivity contribution in [2.45, 2.75) is 83.6 Å². The third kappa shape index (κ3) is 4.76. The number of phenols is 1. The summed E-state index contributed by atoms with van der Waals surface area (Å²) in [4.78, 5) is 27.2. The SMILES string of the molecule is Cc1cc(C(=O)NC2CCC3(CC2)CCN(C(=O)C2CCC(F)(F)C2)CC3)cc(C)c1O. The molecule has 1 aromatic rings. The Labute approximate surface area is 188 Å². The van der Waals surface area contributed by atoms with Crippen LogP contribution in [0.25, 0.3) is 0 Å². The summed E-state index contributed by atoms with van der Waals surface area (Å²) in [5.41, 5.74) is 2.16. The number of carbonyl (C=O) groups is 2. The lowest BCUT2D eigenvalue weighted by Crippen LogP contribution is -2.48. The van der Waals surface area contributed by atoms with Crippen LogP contribution in [-0.2, 0) is 4.79 Å². The molecule has 1 aromatic carbocycles. The molecule has 2 N–H and O–H groups in total. The molecule has 2 aliphatic carbocycles. The van der Waals surface area contributed by atoms with Crippen molar-refractivity contribution < 1.29 is 23.5 Å². The molecular formula is C25H34F2N2O3. The lowest BCUT2D eigenvalue weighted by molar-refractivity contribution is -0.139. The van der Waals surface area contributed by atoms with Gasteiger partial charge in [-0.1, -0.05) is 0 Å². The van der Waals surface area contributed by atoms with Crippen molar-refractivity contribution in [1.82, 2.24) is 10.2 Å². The number of amides is 2. The van der Waals surface area contributed by atoms with Crippen LogP contribution in [0.2, 0.25) is 0 Å². The van der Waals surface area contributed by atoms with Gasteiger partial charge in [0.05, 0.1) is 0 Å². The van der Waals surface area contributed by atoms with Crippen molar-refractivity contribution >= 4 is 11.8 Å². The van der Waals surface area contributed by atoms with Gasteiger partial charge in [0, 0.05) is 43.5 Å². The summed E-state index contributed by atoms with van der Waals surface area (Å²) in [6, 6.07) is 3.56. The van der Waals surface area contributed by atoms with Crippen LogP contribution in [0.15, 0.2) is 12.1 Å². The average Bonchev–Trinajstić information content (AvgIpc) is 3.13. The molecule has 7 heteroatoms. The van der Waals surface area contributed by atoms with Crippen LogP contribution in [0, 0.1) is 25.2 Å². The molecular weight excluding hydrogens is 414 g/mol. The largest absolute Gasteiger partial charge is 0.507 e. The summed E-state index contributed by atoms with van der Waals surface area (Å²) in [7, 11) is 0. The van der Waals surface area contributed by atoms with Crippen LogP contribution in [0.4, 0.5) is 8.78 Å². The highest BCUT2D eigenvalue weighted by molar-refractivity contribution is 5.95. The summed E-state index contributed by atoms with van der Waals surface area (Å²) < 4.78 is 27.0. The predicted octanol–water partition coefficient (Wildman–Crippen LogP) is 4.73. The number of phenolic OH excluding ortho intramolecular Hbond substituents is 1. The fourth-order valence-corrected chi connectivity index (χ4v) is 5.85. The smallest absolute Gasteiger partial charge is 0.251 e. The van der Waals surface area contributed by atoms with Crippen molar-refractivity contribution in [2.75, 3.05) is 13.1 Å². The molecule has 1 aliphatic heterocycles. The van der Waals surface area contributed by atoms with Crippen LogP contribution >= 0.6 is 0 Å². The maximum Gasteiger partial charge on any atom is 0.251 e. The van der Waals surface area contributed by atoms with E-state index in [4.69, 9.17) is 0 Å².